The normalized spacial score (nSPS) is 11.7. The number of nitrogens with one attached hydrogen (secondary N) is 1. The molecule has 0 saturated carbocycles. The van der Waals surface area contributed by atoms with Crippen LogP contribution in [0.1, 0.15) is 16.8 Å². The second-order valence-corrected chi connectivity index (χ2v) is 6.12. The Balaban J connectivity index is 2.26. The zero-order valence-electron chi connectivity index (χ0n) is 11.8. The van der Waals surface area contributed by atoms with Gasteiger partial charge in [0.15, 0.2) is 0 Å². The molecule has 2 aromatic rings. The van der Waals surface area contributed by atoms with Crippen molar-refractivity contribution in [1.82, 2.24) is 9.82 Å². The van der Waals surface area contributed by atoms with Crippen LogP contribution in [0.4, 0.5) is 0 Å². The highest BCUT2D eigenvalue weighted by molar-refractivity contribution is 7.89. The van der Waals surface area contributed by atoms with E-state index >= 15 is 0 Å². The number of hydrogen-bond acceptors (Lipinski definition) is 6. The third-order valence-electron chi connectivity index (χ3n) is 2.95. The van der Waals surface area contributed by atoms with E-state index < -0.39 is 10.0 Å². The minimum Gasteiger partial charge on any atom is -0.505 e. The lowest BCUT2D eigenvalue weighted by atomic mass is 10.1. The lowest BCUT2D eigenvalue weighted by molar-refractivity contribution is 0.280. The average Bonchev–Trinajstić information content (AvgIpc) is 2.52. The lowest BCUT2D eigenvalue weighted by Crippen LogP contribution is -2.18. The van der Waals surface area contributed by atoms with Crippen LogP contribution in [0.5, 0.6) is 5.75 Å². The largest absolute Gasteiger partial charge is 0.505 e. The fourth-order valence-corrected chi connectivity index (χ4v) is 2.55. The van der Waals surface area contributed by atoms with E-state index in [9.17, 15) is 18.6 Å². The van der Waals surface area contributed by atoms with Crippen molar-refractivity contribution in [2.45, 2.75) is 18.4 Å². The number of sulfonamides is 1. The van der Waals surface area contributed by atoms with Gasteiger partial charge in [-0.2, -0.15) is 13.5 Å². The Morgan fingerprint density at radius 2 is 2.00 bits per heavy atom. The molecule has 116 valence electrons. The lowest BCUT2D eigenvalue weighted by Gasteiger charge is -2.07. The van der Waals surface area contributed by atoms with Gasteiger partial charge in [0.1, 0.15) is 5.75 Å². The molecule has 8 heteroatoms. The summed E-state index contributed by atoms with van der Waals surface area (Å²) in [6.07, 6.45) is 2.53. The van der Waals surface area contributed by atoms with Crippen molar-refractivity contribution in [2.24, 2.45) is 5.10 Å². The molecule has 0 radical (unpaired) electrons. The first-order valence-corrected chi connectivity index (χ1v) is 7.82. The smallest absolute Gasteiger partial charge is 0.276 e. The van der Waals surface area contributed by atoms with Crippen LogP contribution in [0.25, 0.3) is 0 Å². The number of rotatable bonds is 5. The highest BCUT2D eigenvalue weighted by atomic mass is 32.2. The van der Waals surface area contributed by atoms with E-state index in [1.807, 2.05) is 0 Å². The van der Waals surface area contributed by atoms with E-state index in [2.05, 4.69) is 14.9 Å². The van der Waals surface area contributed by atoms with Crippen molar-refractivity contribution in [3.05, 3.63) is 53.3 Å². The summed E-state index contributed by atoms with van der Waals surface area (Å²) < 4.78 is 24.0. The van der Waals surface area contributed by atoms with E-state index in [1.165, 1.54) is 18.3 Å². The fraction of sp³-hybridized carbons (Fsp3) is 0.143. The summed E-state index contributed by atoms with van der Waals surface area (Å²) >= 11 is 0. The third-order valence-corrected chi connectivity index (χ3v) is 4.19. The molecule has 0 aliphatic rings. The molecule has 1 heterocycles. The summed E-state index contributed by atoms with van der Waals surface area (Å²) in [4.78, 5) is 6.03. The molecule has 0 aliphatic carbocycles. The number of aromatic nitrogens is 1. The van der Waals surface area contributed by atoms with E-state index in [-0.39, 0.29) is 22.8 Å². The summed E-state index contributed by atoms with van der Waals surface area (Å²) in [5.74, 6) is -0.158. The molecular formula is C14H15N3O4S. The van der Waals surface area contributed by atoms with Gasteiger partial charge in [-0.1, -0.05) is 18.2 Å². The van der Waals surface area contributed by atoms with Crippen molar-refractivity contribution >= 4 is 16.2 Å². The molecule has 1 aromatic heterocycles. The van der Waals surface area contributed by atoms with Crippen LogP contribution in [-0.2, 0) is 16.6 Å². The first-order chi connectivity index (χ1) is 10.5. The summed E-state index contributed by atoms with van der Waals surface area (Å²) in [5, 5.41) is 22.8. The zero-order valence-corrected chi connectivity index (χ0v) is 12.6. The molecule has 0 bridgehead atoms. The Labute approximate surface area is 128 Å². The van der Waals surface area contributed by atoms with Gasteiger partial charge in [0.05, 0.1) is 23.4 Å². The highest BCUT2D eigenvalue weighted by Gasteiger charge is 2.12. The fourth-order valence-electron chi connectivity index (χ4n) is 1.74. The summed E-state index contributed by atoms with van der Waals surface area (Å²) in [6, 6.07) is 7.77. The second-order valence-electron chi connectivity index (χ2n) is 4.46. The number of aryl methyl sites for hydroxylation is 1. The predicted octanol–water partition coefficient (Wildman–Crippen LogP) is 0.900. The number of aliphatic hydroxyl groups is 1. The van der Waals surface area contributed by atoms with Crippen LogP contribution in [0.3, 0.4) is 0 Å². The molecule has 0 saturated heterocycles. The standard InChI is InChI=1S/C14H15N3O4S/c1-10-14(19)13(11(9-18)7-15-10)8-16-17-22(20,21)12-5-3-2-4-6-12/h2-8,17-19H,9H2,1H3/b16-8+. The van der Waals surface area contributed by atoms with Crippen molar-refractivity contribution < 1.29 is 18.6 Å². The SMILES string of the molecule is Cc1ncc(CO)c(/C=N/NS(=O)(=O)c2ccccc2)c1O. The van der Waals surface area contributed by atoms with E-state index in [4.69, 9.17) is 0 Å². The van der Waals surface area contributed by atoms with Crippen molar-refractivity contribution in [3.63, 3.8) is 0 Å². The van der Waals surface area contributed by atoms with Crippen molar-refractivity contribution in [3.8, 4) is 5.75 Å². The van der Waals surface area contributed by atoms with E-state index in [1.54, 1.807) is 25.1 Å². The van der Waals surface area contributed by atoms with Crippen LogP contribution in [0.2, 0.25) is 0 Å². The molecule has 7 nitrogen and oxygen atoms in total. The average molecular weight is 321 g/mol. The maximum atomic E-state index is 12.0. The van der Waals surface area contributed by atoms with Crippen molar-refractivity contribution in [1.29, 1.82) is 0 Å². The van der Waals surface area contributed by atoms with Gasteiger partial charge in [-0.25, -0.2) is 4.83 Å². The first-order valence-electron chi connectivity index (χ1n) is 6.34. The number of pyridine rings is 1. The maximum absolute atomic E-state index is 12.0. The monoisotopic (exact) mass is 321 g/mol. The molecule has 0 atom stereocenters. The number of benzene rings is 1. The van der Waals surface area contributed by atoms with Crippen LogP contribution in [-0.4, -0.2) is 29.8 Å². The summed E-state index contributed by atoms with van der Waals surface area (Å²) in [7, 11) is -3.78. The molecule has 0 aliphatic heterocycles. The minimum absolute atomic E-state index is 0.0738. The van der Waals surface area contributed by atoms with Crippen LogP contribution >= 0.6 is 0 Å². The molecule has 1 aromatic carbocycles. The van der Waals surface area contributed by atoms with Gasteiger partial charge in [-0.05, 0) is 19.1 Å². The summed E-state index contributed by atoms with van der Waals surface area (Å²) in [5.41, 5.74) is 0.904. The van der Waals surface area contributed by atoms with E-state index in [0.29, 0.717) is 11.3 Å². The Morgan fingerprint density at radius 1 is 1.32 bits per heavy atom. The summed E-state index contributed by atoms with van der Waals surface area (Å²) in [6.45, 7) is 1.23. The van der Waals surface area contributed by atoms with Gasteiger partial charge in [-0.15, -0.1) is 0 Å². The van der Waals surface area contributed by atoms with Crippen molar-refractivity contribution in [2.75, 3.05) is 0 Å². The van der Waals surface area contributed by atoms with Gasteiger partial charge in [0, 0.05) is 17.3 Å². The van der Waals surface area contributed by atoms with Crippen LogP contribution in [0, 0.1) is 6.92 Å². The second kappa shape index (κ2) is 6.54. The number of hydrogen-bond donors (Lipinski definition) is 3. The molecular weight excluding hydrogens is 306 g/mol. The zero-order chi connectivity index (χ0) is 16.2. The number of nitrogens with zero attached hydrogens (tertiary/aromatic N) is 2. The maximum Gasteiger partial charge on any atom is 0.276 e. The van der Waals surface area contributed by atoms with Gasteiger partial charge < -0.3 is 10.2 Å². The number of aromatic hydroxyl groups is 1. The quantitative estimate of drug-likeness (QED) is 0.559. The van der Waals surface area contributed by atoms with E-state index in [0.717, 1.165) is 6.21 Å². The third kappa shape index (κ3) is 3.41. The molecule has 22 heavy (non-hydrogen) atoms. The number of hydrazone groups is 1. The van der Waals surface area contributed by atoms with Crippen LogP contribution < -0.4 is 4.83 Å². The van der Waals surface area contributed by atoms with Gasteiger partial charge >= 0.3 is 0 Å². The Morgan fingerprint density at radius 3 is 2.64 bits per heavy atom. The predicted molar refractivity (Wildman–Crippen MR) is 80.9 cm³/mol. The molecule has 2 rings (SSSR count). The minimum atomic E-state index is -3.78. The first kappa shape index (κ1) is 15.9. The molecule has 0 unspecified atom stereocenters. The Bertz CT molecular complexity index is 789. The van der Waals surface area contributed by atoms with Crippen LogP contribution in [0.15, 0.2) is 46.5 Å². The molecule has 0 amide bonds. The molecule has 0 spiro atoms. The molecule has 0 fully saturated rings. The topological polar surface area (TPSA) is 112 Å². The van der Waals surface area contributed by atoms with Gasteiger partial charge in [0.2, 0.25) is 0 Å². The van der Waals surface area contributed by atoms with Gasteiger partial charge in [0.25, 0.3) is 10.0 Å². The number of aliphatic hydroxyl groups excluding tert-OH is 1. The Kier molecular flexibility index (Phi) is 4.74. The highest BCUT2D eigenvalue weighted by Crippen LogP contribution is 2.21. The molecule has 3 N–H and O–H groups in total. The van der Waals surface area contributed by atoms with Gasteiger partial charge in [-0.3, -0.25) is 4.98 Å². The Hall–Kier alpha value is -2.45.